The van der Waals surface area contributed by atoms with E-state index < -0.39 is 0 Å². The number of ether oxygens (including phenoxy) is 1. The second-order valence-electron chi connectivity index (χ2n) is 6.71. The van der Waals surface area contributed by atoms with Gasteiger partial charge in [-0.05, 0) is 48.9 Å². The number of aromatic nitrogens is 2. The zero-order valence-electron chi connectivity index (χ0n) is 15.0. The van der Waals surface area contributed by atoms with E-state index in [0.717, 1.165) is 43.8 Å². The fourth-order valence-corrected chi connectivity index (χ4v) is 3.78. The topological polar surface area (TPSA) is 30.3 Å². The molecule has 138 valence electrons. The van der Waals surface area contributed by atoms with Gasteiger partial charge in [0.1, 0.15) is 11.6 Å². The Labute approximate surface area is 159 Å². The molecule has 0 spiro atoms. The quantitative estimate of drug-likeness (QED) is 0.694. The van der Waals surface area contributed by atoms with Gasteiger partial charge in [0.25, 0.3) is 0 Å². The first-order valence-corrected chi connectivity index (χ1v) is 8.61. The van der Waals surface area contributed by atoms with Crippen molar-refractivity contribution in [1.82, 2.24) is 14.5 Å². The number of likely N-dealkylation sites (N-methyl/N-ethyl adjacent to an activating group) is 1. The summed E-state index contributed by atoms with van der Waals surface area (Å²) in [5.74, 6) is 0.610. The van der Waals surface area contributed by atoms with Crippen molar-refractivity contribution in [2.45, 2.75) is 25.9 Å². The van der Waals surface area contributed by atoms with Crippen LogP contribution in [0, 0.1) is 5.82 Å². The van der Waals surface area contributed by atoms with Crippen LogP contribution in [0.5, 0.6) is 5.75 Å². The normalized spacial score (nSPS) is 14.1. The van der Waals surface area contributed by atoms with Gasteiger partial charge in [0.05, 0.1) is 13.3 Å². The van der Waals surface area contributed by atoms with Crippen LogP contribution in [-0.4, -0.2) is 35.2 Å². The molecular weight excluding hydrogens is 353 g/mol. The van der Waals surface area contributed by atoms with Crippen LogP contribution in [0.1, 0.15) is 16.8 Å². The predicted octanol–water partition coefficient (Wildman–Crippen LogP) is 3.84. The van der Waals surface area contributed by atoms with Crippen molar-refractivity contribution in [3.05, 3.63) is 59.3 Å². The van der Waals surface area contributed by atoms with Gasteiger partial charge in [-0.1, -0.05) is 0 Å². The van der Waals surface area contributed by atoms with Crippen LogP contribution in [0.15, 0.2) is 36.7 Å². The van der Waals surface area contributed by atoms with Gasteiger partial charge in [0.2, 0.25) is 0 Å². The molecule has 1 aliphatic heterocycles. The Hall–Kier alpha value is -2.11. The zero-order chi connectivity index (χ0) is 17.4. The third-order valence-electron chi connectivity index (χ3n) is 5.04. The van der Waals surface area contributed by atoms with Crippen molar-refractivity contribution in [1.29, 1.82) is 0 Å². The molecule has 26 heavy (non-hydrogen) atoms. The van der Waals surface area contributed by atoms with E-state index in [4.69, 9.17) is 4.74 Å². The van der Waals surface area contributed by atoms with Crippen LogP contribution in [-0.2, 0) is 25.9 Å². The highest BCUT2D eigenvalue weighted by Gasteiger charge is 2.22. The number of pyridine rings is 1. The lowest BCUT2D eigenvalue weighted by Crippen LogP contribution is -2.27. The third-order valence-corrected chi connectivity index (χ3v) is 5.04. The second kappa shape index (κ2) is 7.64. The Balaban J connectivity index is 0.00000196. The second-order valence-corrected chi connectivity index (χ2v) is 6.71. The van der Waals surface area contributed by atoms with Crippen LogP contribution in [0.25, 0.3) is 10.9 Å². The molecule has 0 bridgehead atoms. The van der Waals surface area contributed by atoms with Gasteiger partial charge < -0.3 is 14.2 Å². The summed E-state index contributed by atoms with van der Waals surface area (Å²) in [6, 6.07) is 7.85. The lowest BCUT2D eigenvalue weighted by molar-refractivity contribution is 0.309. The summed E-state index contributed by atoms with van der Waals surface area (Å²) in [5.41, 5.74) is 4.94. The summed E-state index contributed by atoms with van der Waals surface area (Å²) in [7, 11) is 3.86. The Morgan fingerprint density at radius 3 is 2.85 bits per heavy atom. The van der Waals surface area contributed by atoms with E-state index in [1.807, 2.05) is 6.07 Å². The van der Waals surface area contributed by atoms with Crippen molar-refractivity contribution in [2.75, 3.05) is 20.7 Å². The van der Waals surface area contributed by atoms with Gasteiger partial charge in [0, 0.05) is 48.8 Å². The van der Waals surface area contributed by atoms with Gasteiger partial charge >= 0.3 is 0 Å². The molecule has 0 saturated heterocycles. The number of fused-ring (bicyclic) bond motifs is 3. The molecule has 0 radical (unpaired) electrons. The maximum atomic E-state index is 13.4. The average molecular weight is 376 g/mol. The van der Waals surface area contributed by atoms with E-state index in [0.29, 0.717) is 0 Å². The van der Waals surface area contributed by atoms with Crippen LogP contribution >= 0.6 is 12.4 Å². The van der Waals surface area contributed by atoms with Gasteiger partial charge in [-0.3, -0.25) is 4.98 Å². The highest BCUT2D eigenvalue weighted by Crippen LogP contribution is 2.33. The first-order valence-electron chi connectivity index (χ1n) is 8.61. The largest absolute Gasteiger partial charge is 0.497 e. The minimum atomic E-state index is -0.275. The van der Waals surface area contributed by atoms with Crippen molar-refractivity contribution in [3.8, 4) is 5.75 Å². The van der Waals surface area contributed by atoms with E-state index >= 15 is 0 Å². The summed E-state index contributed by atoms with van der Waals surface area (Å²) in [6.07, 6.45) is 4.80. The van der Waals surface area contributed by atoms with Gasteiger partial charge in [-0.15, -0.1) is 12.4 Å². The molecule has 0 unspecified atom stereocenters. The average Bonchev–Trinajstić information content (AvgIpc) is 2.92. The lowest BCUT2D eigenvalue weighted by atomic mass is 10.0. The number of nitrogens with zero attached hydrogens (tertiary/aromatic N) is 3. The molecule has 0 N–H and O–H groups in total. The number of methoxy groups -OCH3 is 1. The van der Waals surface area contributed by atoms with Crippen LogP contribution in [0.4, 0.5) is 4.39 Å². The summed E-state index contributed by atoms with van der Waals surface area (Å²) < 4.78 is 21.2. The number of hydrogen-bond acceptors (Lipinski definition) is 3. The third kappa shape index (κ3) is 3.41. The van der Waals surface area contributed by atoms with Crippen molar-refractivity contribution >= 4 is 23.3 Å². The Morgan fingerprint density at radius 2 is 2.08 bits per heavy atom. The van der Waals surface area contributed by atoms with Gasteiger partial charge in [-0.2, -0.15) is 0 Å². The molecule has 2 aromatic heterocycles. The number of benzene rings is 1. The summed E-state index contributed by atoms with van der Waals surface area (Å²) in [6.45, 7) is 2.84. The molecule has 6 heteroatoms. The molecule has 0 aliphatic carbocycles. The molecule has 3 heterocycles. The summed E-state index contributed by atoms with van der Waals surface area (Å²) in [4.78, 5) is 6.31. The first kappa shape index (κ1) is 18.7. The van der Waals surface area contributed by atoms with E-state index in [1.165, 1.54) is 28.4 Å². The monoisotopic (exact) mass is 375 g/mol. The molecule has 3 aromatic rings. The number of hydrogen-bond donors (Lipinski definition) is 0. The van der Waals surface area contributed by atoms with E-state index in [1.54, 1.807) is 19.4 Å². The molecule has 4 nitrogen and oxygen atoms in total. The van der Waals surface area contributed by atoms with E-state index in [2.05, 4.69) is 33.6 Å². The number of rotatable bonds is 4. The van der Waals surface area contributed by atoms with Crippen LogP contribution in [0.3, 0.4) is 0 Å². The molecule has 0 amide bonds. The van der Waals surface area contributed by atoms with Gasteiger partial charge in [-0.25, -0.2) is 4.39 Å². The SMILES string of the molecule is COc1ccc2c(c1)c1c(n2CCc2cncc(F)c2)CCN(C)C1.Cl. The Bertz CT molecular complexity index is 925. The molecule has 0 atom stereocenters. The maximum absolute atomic E-state index is 13.4. The highest BCUT2D eigenvalue weighted by molar-refractivity contribution is 5.87. The molecular formula is C20H23ClFN3O. The zero-order valence-corrected chi connectivity index (χ0v) is 15.9. The maximum Gasteiger partial charge on any atom is 0.141 e. The Morgan fingerprint density at radius 1 is 1.23 bits per heavy atom. The van der Waals surface area contributed by atoms with Gasteiger partial charge in [0.15, 0.2) is 0 Å². The van der Waals surface area contributed by atoms with Crippen molar-refractivity contribution in [2.24, 2.45) is 0 Å². The Kier molecular flexibility index (Phi) is 5.49. The number of halogens is 2. The molecule has 1 aromatic carbocycles. The van der Waals surface area contributed by atoms with Crippen LogP contribution < -0.4 is 4.74 Å². The fourth-order valence-electron chi connectivity index (χ4n) is 3.78. The molecule has 4 rings (SSSR count). The summed E-state index contributed by atoms with van der Waals surface area (Å²) in [5, 5.41) is 1.26. The predicted molar refractivity (Wildman–Crippen MR) is 104 cm³/mol. The molecule has 0 fully saturated rings. The molecule has 0 saturated carbocycles. The minimum Gasteiger partial charge on any atom is -0.497 e. The molecule has 1 aliphatic rings. The number of aryl methyl sites for hydroxylation is 2. The summed E-state index contributed by atoms with van der Waals surface area (Å²) >= 11 is 0. The fraction of sp³-hybridized carbons (Fsp3) is 0.350. The smallest absolute Gasteiger partial charge is 0.141 e. The highest BCUT2D eigenvalue weighted by atomic mass is 35.5. The minimum absolute atomic E-state index is 0. The van der Waals surface area contributed by atoms with E-state index in [-0.39, 0.29) is 18.2 Å². The first-order chi connectivity index (χ1) is 12.2. The van der Waals surface area contributed by atoms with Crippen molar-refractivity contribution < 1.29 is 9.13 Å². The lowest BCUT2D eigenvalue weighted by Gasteiger charge is -2.24. The van der Waals surface area contributed by atoms with E-state index in [9.17, 15) is 4.39 Å². The van der Waals surface area contributed by atoms with Crippen LogP contribution in [0.2, 0.25) is 0 Å². The standard InChI is InChI=1S/C20H22FN3O.ClH/c1-23-7-6-20-18(13-23)17-10-16(25-2)3-4-19(17)24(20)8-5-14-9-15(21)12-22-11-14;/h3-4,9-12H,5-8,13H2,1-2H3;1H. The van der Waals surface area contributed by atoms with Crippen molar-refractivity contribution in [3.63, 3.8) is 0 Å².